The van der Waals surface area contributed by atoms with Gasteiger partial charge < -0.3 is 10.4 Å². The number of carboxylic acid groups (broad SMARTS) is 1. The van der Waals surface area contributed by atoms with E-state index in [1.165, 1.54) is 32.1 Å². The van der Waals surface area contributed by atoms with E-state index in [9.17, 15) is 9.90 Å². The molecule has 3 nitrogen and oxygen atoms in total. The lowest BCUT2D eigenvalue weighted by atomic mass is 9.84. The molecule has 1 aliphatic rings. The summed E-state index contributed by atoms with van der Waals surface area (Å²) in [7, 11) is 0. The molecule has 3 heteroatoms. The number of nitrogens with one attached hydrogen (secondary N) is 1. The zero-order chi connectivity index (χ0) is 12.6. The van der Waals surface area contributed by atoms with Crippen LogP contribution in [0, 0.1) is 0 Å². The van der Waals surface area contributed by atoms with Crippen LogP contribution in [0.2, 0.25) is 0 Å². The Morgan fingerprint density at radius 2 is 1.71 bits per heavy atom. The fraction of sp³-hybridized carbons (Fsp3) is 0.929. The molecule has 0 amide bonds. The molecule has 1 saturated carbocycles. The van der Waals surface area contributed by atoms with Gasteiger partial charge in [0.2, 0.25) is 0 Å². The van der Waals surface area contributed by atoms with Crippen LogP contribution in [0.5, 0.6) is 0 Å². The van der Waals surface area contributed by atoms with Crippen molar-refractivity contribution >= 4 is 5.97 Å². The van der Waals surface area contributed by atoms with Gasteiger partial charge in [-0.3, -0.25) is 4.79 Å². The predicted molar refractivity (Wildman–Crippen MR) is 70.2 cm³/mol. The third kappa shape index (κ3) is 4.66. The average Bonchev–Trinajstić information content (AvgIpc) is 2.26. The molecule has 0 bridgehead atoms. The highest BCUT2D eigenvalue weighted by Crippen LogP contribution is 2.26. The van der Waals surface area contributed by atoms with E-state index in [2.05, 4.69) is 12.2 Å². The topological polar surface area (TPSA) is 49.3 Å². The Hall–Kier alpha value is -0.570. The third-order valence-corrected chi connectivity index (χ3v) is 3.86. The molecular formula is C14H27NO2. The summed E-state index contributed by atoms with van der Waals surface area (Å²) in [5.74, 6) is -0.643. The van der Waals surface area contributed by atoms with Gasteiger partial charge >= 0.3 is 5.97 Å². The van der Waals surface area contributed by atoms with Gasteiger partial charge in [0.15, 0.2) is 0 Å². The molecule has 0 saturated heterocycles. The smallest absolute Gasteiger partial charge is 0.323 e. The molecule has 0 aromatic rings. The van der Waals surface area contributed by atoms with Crippen molar-refractivity contribution in [2.45, 2.75) is 76.7 Å². The molecule has 0 heterocycles. The molecule has 2 N–H and O–H groups in total. The highest BCUT2D eigenvalue weighted by molar-refractivity contribution is 5.78. The van der Waals surface area contributed by atoms with Gasteiger partial charge in [0, 0.05) is 0 Å². The standard InChI is InChI=1S/C14H27NO2/c1-2-3-9-12-15-14(13(16)17)10-7-5-4-6-8-11-14/h15H,2-12H2,1H3,(H,16,17). The van der Waals surface area contributed by atoms with Crippen LogP contribution in [0.1, 0.15) is 71.1 Å². The number of carbonyl (C=O) groups is 1. The maximum atomic E-state index is 11.5. The Kier molecular flexibility index (Phi) is 6.56. The zero-order valence-electron chi connectivity index (χ0n) is 11.1. The molecule has 1 rings (SSSR count). The Labute approximate surface area is 105 Å². The summed E-state index contributed by atoms with van der Waals surface area (Å²) in [6, 6.07) is 0. The normalized spacial score (nSPS) is 20.5. The van der Waals surface area contributed by atoms with Gasteiger partial charge in [-0.1, -0.05) is 51.9 Å². The second-order valence-corrected chi connectivity index (χ2v) is 5.29. The quantitative estimate of drug-likeness (QED) is 0.701. The van der Waals surface area contributed by atoms with Crippen LogP contribution in [-0.2, 0) is 4.79 Å². The van der Waals surface area contributed by atoms with E-state index >= 15 is 0 Å². The monoisotopic (exact) mass is 241 g/mol. The summed E-state index contributed by atoms with van der Waals surface area (Å²) in [6.07, 6.45) is 10.8. The highest BCUT2D eigenvalue weighted by atomic mass is 16.4. The second kappa shape index (κ2) is 7.70. The van der Waals surface area contributed by atoms with Gasteiger partial charge in [-0.05, 0) is 25.8 Å². The van der Waals surface area contributed by atoms with Crippen molar-refractivity contribution in [3.63, 3.8) is 0 Å². The minimum absolute atomic E-state index is 0.631. The lowest BCUT2D eigenvalue weighted by Gasteiger charge is -2.32. The van der Waals surface area contributed by atoms with Crippen LogP contribution in [0.15, 0.2) is 0 Å². The first-order chi connectivity index (χ1) is 8.21. The van der Waals surface area contributed by atoms with Crippen LogP contribution < -0.4 is 5.32 Å². The number of carboxylic acids is 1. The first kappa shape index (κ1) is 14.5. The van der Waals surface area contributed by atoms with E-state index in [0.717, 1.165) is 38.6 Å². The maximum absolute atomic E-state index is 11.5. The summed E-state index contributed by atoms with van der Waals surface area (Å²) in [4.78, 5) is 11.5. The lowest BCUT2D eigenvalue weighted by Crippen LogP contribution is -2.52. The lowest BCUT2D eigenvalue weighted by molar-refractivity contribution is -0.146. The summed E-state index contributed by atoms with van der Waals surface area (Å²) in [6.45, 7) is 3.02. The average molecular weight is 241 g/mol. The Bertz CT molecular complexity index is 220. The number of unbranched alkanes of at least 4 members (excludes halogenated alkanes) is 2. The zero-order valence-corrected chi connectivity index (χ0v) is 11.1. The van der Waals surface area contributed by atoms with Crippen molar-refractivity contribution in [3.05, 3.63) is 0 Å². The first-order valence-corrected chi connectivity index (χ1v) is 7.20. The van der Waals surface area contributed by atoms with Crippen molar-refractivity contribution in [1.29, 1.82) is 0 Å². The van der Waals surface area contributed by atoms with E-state index < -0.39 is 11.5 Å². The molecule has 1 fully saturated rings. The summed E-state index contributed by atoms with van der Waals surface area (Å²) in [5.41, 5.74) is -0.631. The summed E-state index contributed by atoms with van der Waals surface area (Å²) >= 11 is 0. The van der Waals surface area contributed by atoms with Crippen molar-refractivity contribution < 1.29 is 9.90 Å². The maximum Gasteiger partial charge on any atom is 0.323 e. The van der Waals surface area contributed by atoms with Crippen LogP contribution >= 0.6 is 0 Å². The van der Waals surface area contributed by atoms with Crippen molar-refractivity contribution in [2.75, 3.05) is 6.54 Å². The molecule has 0 aromatic heterocycles. The summed E-state index contributed by atoms with van der Waals surface area (Å²) in [5, 5.41) is 12.8. The largest absolute Gasteiger partial charge is 0.480 e. The molecular weight excluding hydrogens is 214 g/mol. The van der Waals surface area contributed by atoms with E-state index in [0.29, 0.717) is 0 Å². The minimum atomic E-state index is -0.643. The Balaban J connectivity index is 2.49. The number of rotatable bonds is 6. The SMILES string of the molecule is CCCCCNC1(C(=O)O)CCCCCCC1. The molecule has 0 spiro atoms. The van der Waals surface area contributed by atoms with E-state index in [-0.39, 0.29) is 0 Å². The fourth-order valence-electron chi connectivity index (χ4n) is 2.68. The van der Waals surface area contributed by atoms with Gasteiger partial charge in [0.1, 0.15) is 5.54 Å². The third-order valence-electron chi connectivity index (χ3n) is 3.86. The molecule has 100 valence electrons. The Morgan fingerprint density at radius 3 is 2.24 bits per heavy atom. The van der Waals surface area contributed by atoms with Crippen molar-refractivity contribution in [3.8, 4) is 0 Å². The molecule has 0 atom stereocenters. The number of hydrogen-bond acceptors (Lipinski definition) is 2. The van der Waals surface area contributed by atoms with Gasteiger partial charge in [-0.25, -0.2) is 0 Å². The van der Waals surface area contributed by atoms with Gasteiger partial charge in [0.25, 0.3) is 0 Å². The highest BCUT2D eigenvalue weighted by Gasteiger charge is 2.37. The van der Waals surface area contributed by atoms with Crippen LogP contribution in [0.25, 0.3) is 0 Å². The van der Waals surface area contributed by atoms with E-state index in [1.807, 2.05) is 0 Å². The van der Waals surface area contributed by atoms with E-state index in [4.69, 9.17) is 0 Å². The second-order valence-electron chi connectivity index (χ2n) is 5.29. The summed E-state index contributed by atoms with van der Waals surface area (Å²) < 4.78 is 0. The minimum Gasteiger partial charge on any atom is -0.480 e. The molecule has 0 aliphatic heterocycles. The molecule has 0 unspecified atom stereocenters. The van der Waals surface area contributed by atoms with Crippen LogP contribution in [0.4, 0.5) is 0 Å². The fourth-order valence-corrected chi connectivity index (χ4v) is 2.68. The van der Waals surface area contributed by atoms with Gasteiger partial charge in [0.05, 0.1) is 0 Å². The molecule has 0 aromatic carbocycles. The van der Waals surface area contributed by atoms with Gasteiger partial charge in [-0.2, -0.15) is 0 Å². The van der Waals surface area contributed by atoms with Crippen molar-refractivity contribution in [2.24, 2.45) is 0 Å². The number of hydrogen-bond donors (Lipinski definition) is 2. The first-order valence-electron chi connectivity index (χ1n) is 7.20. The van der Waals surface area contributed by atoms with Gasteiger partial charge in [-0.15, -0.1) is 0 Å². The predicted octanol–water partition coefficient (Wildman–Crippen LogP) is 3.33. The van der Waals surface area contributed by atoms with Crippen LogP contribution in [0.3, 0.4) is 0 Å². The Morgan fingerprint density at radius 1 is 1.12 bits per heavy atom. The molecule has 1 aliphatic carbocycles. The molecule has 17 heavy (non-hydrogen) atoms. The van der Waals surface area contributed by atoms with Crippen LogP contribution in [-0.4, -0.2) is 23.2 Å². The van der Waals surface area contributed by atoms with E-state index in [1.54, 1.807) is 0 Å². The number of aliphatic carboxylic acids is 1. The molecule has 0 radical (unpaired) electrons. The van der Waals surface area contributed by atoms with Crippen molar-refractivity contribution in [1.82, 2.24) is 5.32 Å².